The molecule has 1 aromatic carbocycles. The molecular weight excluding hydrogens is 241 g/mol. The van der Waals surface area contributed by atoms with E-state index in [1.54, 1.807) is 12.1 Å². The summed E-state index contributed by atoms with van der Waals surface area (Å²) in [5.74, 6) is 0.0497. The highest BCUT2D eigenvalue weighted by Crippen LogP contribution is 2.31. The Morgan fingerprint density at radius 1 is 1.11 bits per heavy atom. The van der Waals surface area contributed by atoms with Crippen molar-refractivity contribution in [3.63, 3.8) is 0 Å². The molecule has 102 valence electrons. The maximum absolute atomic E-state index is 12.9. The van der Waals surface area contributed by atoms with Crippen molar-refractivity contribution >= 4 is 5.78 Å². The average Bonchev–Trinajstić information content (AvgIpc) is 2.47. The number of rotatable bonds is 2. The molecule has 1 aromatic rings. The summed E-state index contributed by atoms with van der Waals surface area (Å²) >= 11 is 0. The third-order valence-electron chi connectivity index (χ3n) is 4.57. The Morgan fingerprint density at radius 3 is 2.68 bits per heavy atom. The fourth-order valence-corrected chi connectivity index (χ4v) is 3.48. The van der Waals surface area contributed by atoms with Crippen molar-refractivity contribution in [3.05, 3.63) is 35.6 Å². The van der Waals surface area contributed by atoms with Crippen LogP contribution in [0.25, 0.3) is 0 Å². The van der Waals surface area contributed by atoms with Crippen LogP contribution < -0.4 is 0 Å². The second-order valence-electron chi connectivity index (χ2n) is 5.78. The second-order valence-corrected chi connectivity index (χ2v) is 5.78. The van der Waals surface area contributed by atoms with E-state index in [2.05, 4.69) is 4.90 Å². The Balaban J connectivity index is 1.69. The van der Waals surface area contributed by atoms with E-state index in [-0.39, 0.29) is 17.5 Å². The Morgan fingerprint density at radius 2 is 1.89 bits per heavy atom. The third kappa shape index (κ3) is 2.71. The monoisotopic (exact) mass is 261 g/mol. The molecule has 19 heavy (non-hydrogen) atoms. The van der Waals surface area contributed by atoms with Crippen LogP contribution >= 0.6 is 0 Å². The number of fused-ring (bicyclic) bond motifs is 1. The summed E-state index contributed by atoms with van der Waals surface area (Å²) in [5, 5.41) is 0. The molecule has 0 spiro atoms. The zero-order valence-corrected chi connectivity index (χ0v) is 11.1. The lowest BCUT2D eigenvalue weighted by Crippen LogP contribution is -2.46. The molecule has 3 rings (SSSR count). The summed E-state index contributed by atoms with van der Waals surface area (Å²) in [7, 11) is 0. The fourth-order valence-electron chi connectivity index (χ4n) is 3.48. The van der Waals surface area contributed by atoms with Crippen molar-refractivity contribution < 1.29 is 9.18 Å². The van der Waals surface area contributed by atoms with Crippen molar-refractivity contribution in [3.8, 4) is 0 Å². The minimum atomic E-state index is -0.279. The summed E-state index contributed by atoms with van der Waals surface area (Å²) in [6.07, 6.45) is 5.75. The zero-order chi connectivity index (χ0) is 13.2. The van der Waals surface area contributed by atoms with Gasteiger partial charge in [0, 0.05) is 17.5 Å². The number of hydrogen-bond acceptors (Lipinski definition) is 2. The van der Waals surface area contributed by atoms with Crippen molar-refractivity contribution in [1.82, 2.24) is 4.90 Å². The number of ketones is 1. The fraction of sp³-hybridized carbons (Fsp3) is 0.562. The van der Waals surface area contributed by atoms with Gasteiger partial charge in [0.2, 0.25) is 0 Å². The van der Waals surface area contributed by atoms with E-state index >= 15 is 0 Å². The molecule has 0 N–H and O–H groups in total. The number of nitrogens with zero attached hydrogens (tertiary/aromatic N) is 1. The number of piperidine rings is 2. The number of carbonyl (C=O) groups excluding carboxylic acids is 1. The van der Waals surface area contributed by atoms with Crippen LogP contribution in [0.15, 0.2) is 24.3 Å². The predicted octanol–water partition coefficient (Wildman–Crippen LogP) is 3.27. The molecule has 0 radical (unpaired) electrons. The number of halogens is 1. The first-order chi connectivity index (χ1) is 9.24. The maximum Gasteiger partial charge on any atom is 0.166 e. The molecule has 2 heterocycles. The molecule has 0 amide bonds. The molecule has 2 nitrogen and oxygen atoms in total. The molecule has 2 aliphatic rings. The Kier molecular flexibility index (Phi) is 3.65. The van der Waals surface area contributed by atoms with E-state index in [1.807, 2.05) is 0 Å². The Hall–Kier alpha value is -1.22. The lowest BCUT2D eigenvalue weighted by molar-refractivity contribution is 0.0615. The molecule has 0 aromatic heterocycles. The van der Waals surface area contributed by atoms with E-state index in [9.17, 15) is 9.18 Å². The number of Topliss-reactive ketones (excluding diaryl/α,β-unsaturated/α-hetero) is 1. The van der Waals surface area contributed by atoms with Crippen LogP contribution in [0, 0.1) is 11.7 Å². The number of benzene rings is 1. The summed E-state index contributed by atoms with van der Waals surface area (Å²) < 4.78 is 12.9. The number of hydrogen-bond donors (Lipinski definition) is 0. The predicted molar refractivity (Wildman–Crippen MR) is 72.7 cm³/mol. The van der Waals surface area contributed by atoms with Gasteiger partial charge in [-0.3, -0.25) is 4.79 Å². The molecular formula is C16H20FNO. The van der Waals surface area contributed by atoms with Gasteiger partial charge in [0.1, 0.15) is 5.82 Å². The largest absolute Gasteiger partial charge is 0.300 e. The van der Waals surface area contributed by atoms with E-state index < -0.39 is 0 Å². The molecule has 0 aliphatic carbocycles. The van der Waals surface area contributed by atoms with Crippen molar-refractivity contribution in [2.24, 2.45) is 5.92 Å². The Labute approximate surface area is 113 Å². The van der Waals surface area contributed by atoms with E-state index in [4.69, 9.17) is 0 Å². The van der Waals surface area contributed by atoms with Crippen LogP contribution in [0.3, 0.4) is 0 Å². The van der Waals surface area contributed by atoms with Gasteiger partial charge >= 0.3 is 0 Å². The van der Waals surface area contributed by atoms with Crippen molar-refractivity contribution in [2.45, 2.75) is 38.1 Å². The van der Waals surface area contributed by atoms with Crippen LogP contribution in [-0.4, -0.2) is 29.8 Å². The summed E-state index contributed by atoms with van der Waals surface area (Å²) in [4.78, 5) is 15.0. The minimum absolute atomic E-state index is 0.129. The minimum Gasteiger partial charge on any atom is -0.300 e. The quantitative estimate of drug-likeness (QED) is 0.761. The van der Waals surface area contributed by atoms with Crippen molar-refractivity contribution in [2.75, 3.05) is 13.1 Å². The van der Waals surface area contributed by atoms with Gasteiger partial charge in [0.25, 0.3) is 0 Å². The SMILES string of the molecule is O=C(c1ccc(F)cc1)[C@H]1CCN2CCCC[C@@H]2C1. The Bertz CT molecular complexity index is 456. The van der Waals surface area contributed by atoms with Gasteiger partial charge in [-0.15, -0.1) is 0 Å². The first-order valence-electron chi connectivity index (χ1n) is 7.28. The standard InChI is InChI=1S/C16H20FNO/c17-14-6-4-12(5-7-14)16(19)13-8-10-18-9-2-1-3-15(18)11-13/h4-7,13,15H,1-3,8-11H2/t13-,15+/m0/s1. The molecule has 2 saturated heterocycles. The van der Waals surface area contributed by atoms with E-state index in [1.165, 1.54) is 37.9 Å². The van der Waals surface area contributed by atoms with Crippen LogP contribution in [0.1, 0.15) is 42.5 Å². The van der Waals surface area contributed by atoms with Crippen molar-refractivity contribution in [1.29, 1.82) is 0 Å². The molecule has 0 bridgehead atoms. The average molecular weight is 261 g/mol. The van der Waals surface area contributed by atoms with Gasteiger partial charge in [0.15, 0.2) is 5.78 Å². The van der Waals surface area contributed by atoms with Gasteiger partial charge in [-0.1, -0.05) is 6.42 Å². The van der Waals surface area contributed by atoms with Gasteiger partial charge in [-0.25, -0.2) is 4.39 Å². The van der Waals surface area contributed by atoms with Gasteiger partial charge in [0.05, 0.1) is 0 Å². The lowest BCUT2D eigenvalue weighted by Gasteiger charge is -2.42. The van der Waals surface area contributed by atoms with Gasteiger partial charge < -0.3 is 4.90 Å². The van der Waals surface area contributed by atoms with Crippen LogP contribution in [0.4, 0.5) is 4.39 Å². The molecule has 2 atom stereocenters. The summed E-state index contributed by atoms with van der Waals surface area (Å²) in [6.45, 7) is 2.24. The normalized spacial score (nSPS) is 27.8. The van der Waals surface area contributed by atoms with Gasteiger partial charge in [-0.05, 0) is 63.0 Å². The molecule has 2 fully saturated rings. The molecule has 0 unspecified atom stereocenters. The highest BCUT2D eigenvalue weighted by Gasteiger charge is 2.33. The third-order valence-corrected chi connectivity index (χ3v) is 4.57. The van der Waals surface area contributed by atoms with Gasteiger partial charge in [-0.2, -0.15) is 0 Å². The van der Waals surface area contributed by atoms with E-state index in [0.29, 0.717) is 11.6 Å². The molecule has 0 saturated carbocycles. The highest BCUT2D eigenvalue weighted by atomic mass is 19.1. The van der Waals surface area contributed by atoms with E-state index in [0.717, 1.165) is 19.4 Å². The summed E-state index contributed by atoms with van der Waals surface area (Å²) in [5.41, 5.74) is 0.663. The first kappa shape index (κ1) is 12.8. The molecule has 3 heteroatoms. The van der Waals surface area contributed by atoms with Crippen LogP contribution in [-0.2, 0) is 0 Å². The first-order valence-corrected chi connectivity index (χ1v) is 7.28. The highest BCUT2D eigenvalue weighted by molar-refractivity contribution is 5.97. The number of carbonyl (C=O) groups is 1. The van der Waals surface area contributed by atoms with Crippen LogP contribution in [0.2, 0.25) is 0 Å². The second kappa shape index (κ2) is 5.41. The zero-order valence-electron chi connectivity index (χ0n) is 11.1. The topological polar surface area (TPSA) is 20.3 Å². The maximum atomic E-state index is 12.9. The smallest absolute Gasteiger partial charge is 0.166 e. The summed E-state index contributed by atoms with van der Waals surface area (Å²) in [6, 6.07) is 6.58. The molecule has 2 aliphatic heterocycles. The van der Waals surface area contributed by atoms with Crippen LogP contribution in [0.5, 0.6) is 0 Å². The lowest BCUT2D eigenvalue weighted by atomic mass is 9.82.